The summed E-state index contributed by atoms with van der Waals surface area (Å²) in [6.45, 7) is 2.27. The van der Waals surface area contributed by atoms with Gasteiger partial charge in [0.05, 0.1) is 0 Å². The Kier molecular flexibility index (Phi) is 4.10. The second-order valence-electron chi connectivity index (χ2n) is 4.72. The molecular weight excluding hydrogens is 276 g/mol. The van der Waals surface area contributed by atoms with Gasteiger partial charge in [0.15, 0.2) is 5.82 Å². The average molecular weight is 294 g/mol. The number of aromatic nitrogens is 2. The van der Waals surface area contributed by atoms with Gasteiger partial charge < -0.3 is 5.73 Å². The van der Waals surface area contributed by atoms with E-state index < -0.39 is 10.0 Å². The molecule has 1 heterocycles. The molecule has 0 radical (unpaired) electrons. The summed E-state index contributed by atoms with van der Waals surface area (Å²) in [5.74, 6) is 0.0798. The maximum atomic E-state index is 12.2. The lowest BCUT2D eigenvalue weighted by Crippen LogP contribution is -2.28. The van der Waals surface area contributed by atoms with Gasteiger partial charge in [0.2, 0.25) is 10.0 Å². The first-order chi connectivity index (χ1) is 9.40. The van der Waals surface area contributed by atoms with Gasteiger partial charge in [-0.25, -0.2) is 13.1 Å². The van der Waals surface area contributed by atoms with Crippen LogP contribution in [0.15, 0.2) is 41.4 Å². The number of nitrogens with two attached hydrogens (primary N) is 1. The molecule has 1 unspecified atom stereocenters. The van der Waals surface area contributed by atoms with Gasteiger partial charge >= 0.3 is 0 Å². The minimum atomic E-state index is -3.63. The van der Waals surface area contributed by atoms with Crippen LogP contribution in [0.3, 0.4) is 0 Å². The van der Waals surface area contributed by atoms with Crippen LogP contribution >= 0.6 is 0 Å². The van der Waals surface area contributed by atoms with Crippen LogP contribution in [0, 0.1) is 0 Å². The molecule has 1 aromatic heterocycles. The van der Waals surface area contributed by atoms with Crippen molar-refractivity contribution in [3.63, 3.8) is 0 Å². The van der Waals surface area contributed by atoms with E-state index in [9.17, 15) is 8.42 Å². The standard InChI is InChI=1S/C13H18N4O2S/c1-10(11-6-4-3-5-7-11)8-15-20(18,19)12-9-17(2)16-13(12)14/h3-7,9-10,15H,8H2,1-2H3,(H2,14,16). The molecule has 0 bridgehead atoms. The van der Waals surface area contributed by atoms with Crippen LogP contribution in [-0.4, -0.2) is 24.7 Å². The highest BCUT2D eigenvalue weighted by atomic mass is 32.2. The predicted molar refractivity (Wildman–Crippen MR) is 77.7 cm³/mol. The summed E-state index contributed by atoms with van der Waals surface area (Å²) in [5.41, 5.74) is 6.67. The molecular formula is C13H18N4O2S. The minimum Gasteiger partial charge on any atom is -0.381 e. The molecule has 0 spiro atoms. The van der Waals surface area contributed by atoms with Crippen molar-refractivity contribution in [1.29, 1.82) is 0 Å². The van der Waals surface area contributed by atoms with E-state index in [4.69, 9.17) is 5.73 Å². The van der Waals surface area contributed by atoms with E-state index in [1.165, 1.54) is 10.9 Å². The van der Waals surface area contributed by atoms with Crippen molar-refractivity contribution in [1.82, 2.24) is 14.5 Å². The lowest BCUT2D eigenvalue weighted by atomic mass is 10.0. The van der Waals surface area contributed by atoms with Gasteiger partial charge in [0, 0.05) is 19.8 Å². The summed E-state index contributed by atoms with van der Waals surface area (Å²) in [5, 5.41) is 3.84. The minimum absolute atomic E-state index is 0.00682. The highest BCUT2D eigenvalue weighted by Gasteiger charge is 2.21. The van der Waals surface area contributed by atoms with E-state index >= 15 is 0 Å². The normalized spacial score (nSPS) is 13.3. The summed E-state index contributed by atoms with van der Waals surface area (Å²) < 4.78 is 28.3. The zero-order chi connectivity index (χ0) is 14.8. The van der Waals surface area contributed by atoms with Crippen molar-refractivity contribution < 1.29 is 8.42 Å². The summed E-state index contributed by atoms with van der Waals surface area (Å²) in [7, 11) is -2.00. The van der Waals surface area contributed by atoms with Gasteiger partial charge in [-0.15, -0.1) is 0 Å². The Morgan fingerprint density at radius 3 is 2.55 bits per heavy atom. The number of nitrogens with zero attached hydrogens (tertiary/aromatic N) is 2. The maximum absolute atomic E-state index is 12.2. The quantitative estimate of drug-likeness (QED) is 0.863. The van der Waals surface area contributed by atoms with Gasteiger partial charge in [-0.05, 0) is 11.5 Å². The van der Waals surface area contributed by atoms with Gasteiger partial charge in [-0.3, -0.25) is 4.68 Å². The zero-order valence-corrected chi connectivity index (χ0v) is 12.3. The fraction of sp³-hybridized carbons (Fsp3) is 0.308. The third kappa shape index (κ3) is 3.17. The van der Waals surface area contributed by atoms with E-state index in [1.54, 1.807) is 7.05 Å². The smallest absolute Gasteiger partial charge is 0.245 e. The number of nitrogen functional groups attached to an aromatic ring is 1. The maximum Gasteiger partial charge on any atom is 0.245 e. The number of aryl methyl sites for hydroxylation is 1. The van der Waals surface area contributed by atoms with Crippen molar-refractivity contribution in [2.75, 3.05) is 12.3 Å². The van der Waals surface area contributed by atoms with Crippen LogP contribution in [0.4, 0.5) is 5.82 Å². The van der Waals surface area contributed by atoms with Crippen LogP contribution in [0.5, 0.6) is 0 Å². The zero-order valence-electron chi connectivity index (χ0n) is 11.4. The van der Waals surface area contributed by atoms with Crippen molar-refractivity contribution in [2.24, 2.45) is 7.05 Å². The van der Waals surface area contributed by atoms with Crippen LogP contribution in [0.2, 0.25) is 0 Å². The number of rotatable bonds is 5. The van der Waals surface area contributed by atoms with Crippen LogP contribution in [0.1, 0.15) is 18.4 Å². The highest BCUT2D eigenvalue weighted by molar-refractivity contribution is 7.89. The van der Waals surface area contributed by atoms with Gasteiger partial charge in [-0.1, -0.05) is 37.3 Å². The molecule has 3 N–H and O–H groups in total. The Morgan fingerprint density at radius 1 is 1.35 bits per heavy atom. The van der Waals surface area contributed by atoms with E-state index in [1.807, 2.05) is 37.3 Å². The Balaban J connectivity index is 2.08. The van der Waals surface area contributed by atoms with E-state index in [0.717, 1.165) is 5.56 Å². The van der Waals surface area contributed by atoms with E-state index in [-0.39, 0.29) is 16.6 Å². The molecule has 0 fully saturated rings. The summed E-state index contributed by atoms with van der Waals surface area (Å²) in [4.78, 5) is 0.0141. The highest BCUT2D eigenvalue weighted by Crippen LogP contribution is 2.17. The molecule has 0 aliphatic heterocycles. The Hall–Kier alpha value is -1.86. The number of nitrogens with one attached hydrogen (secondary N) is 1. The second-order valence-corrected chi connectivity index (χ2v) is 6.45. The largest absolute Gasteiger partial charge is 0.381 e. The molecule has 0 aliphatic carbocycles. The van der Waals surface area contributed by atoms with Crippen LogP contribution in [0.25, 0.3) is 0 Å². The third-order valence-electron chi connectivity index (χ3n) is 3.06. The molecule has 2 rings (SSSR count). The topological polar surface area (TPSA) is 90.0 Å². The van der Waals surface area contributed by atoms with Crippen LogP contribution < -0.4 is 10.5 Å². The summed E-state index contributed by atoms with van der Waals surface area (Å²) >= 11 is 0. The first-order valence-corrected chi connectivity index (χ1v) is 7.72. The molecule has 1 atom stereocenters. The molecule has 0 aliphatic rings. The SMILES string of the molecule is CC(CNS(=O)(=O)c1cn(C)nc1N)c1ccccc1. The number of sulfonamides is 1. The first-order valence-electron chi connectivity index (χ1n) is 6.24. The summed E-state index contributed by atoms with van der Waals surface area (Å²) in [6.07, 6.45) is 1.39. The number of hydrogen-bond donors (Lipinski definition) is 2. The number of hydrogen-bond acceptors (Lipinski definition) is 4. The monoisotopic (exact) mass is 294 g/mol. The summed E-state index contributed by atoms with van der Waals surface area (Å²) in [6, 6.07) is 9.73. The molecule has 20 heavy (non-hydrogen) atoms. The number of benzene rings is 1. The lowest BCUT2D eigenvalue weighted by molar-refractivity contribution is 0.575. The van der Waals surface area contributed by atoms with Crippen LogP contribution in [-0.2, 0) is 17.1 Å². The second kappa shape index (κ2) is 5.64. The Morgan fingerprint density at radius 2 is 2.00 bits per heavy atom. The van der Waals surface area contributed by atoms with Crippen molar-refractivity contribution in [3.8, 4) is 0 Å². The molecule has 0 saturated carbocycles. The van der Waals surface area contributed by atoms with Gasteiger partial charge in [0.1, 0.15) is 4.90 Å². The van der Waals surface area contributed by atoms with E-state index in [2.05, 4.69) is 9.82 Å². The van der Waals surface area contributed by atoms with Crippen molar-refractivity contribution >= 4 is 15.8 Å². The van der Waals surface area contributed by atoms with E-state index in [0.29, 0.717) is 6.54 Å². The molecule has 7 heteroatoms. The molecule has 0 amide bonds. The fourth-order valence-corrected chi connectivity index (χ4v) is 3.14. The number of anilines is 1. The predicted octanol–water partition coefficient (Wildman–Crippen LogP) is 1.08. The Bertz CT molecular complexity index is 680. The molecule has 108 valence electrons. The molecule has 1 aromatic carbocycles. The fourth-order valence-electron chi connectivity index (χ4n) is 1.90. The molecule has 6 nitrogen and oxygen atoms in total. The van der Waals surface area contributed by atoms with Crippen molar-refractivity contribution in [2.45, 2.75) is 17.7 Å². The average Bonchev–Trinajstić information content (AvgIpc) is 2.77. The molecule has 0 saturated heterocycles. The lowest BCUT2D eigenvalue weighted by Gasteiger charge is -2.12. The van der Waals surface area contributed by atoms with Gasteiger partial charge in [0.25, 0.3) is 0 Å². The Labute approximate surface area is 118 Å². The van der Waals surface area contributed by atoms with Gasteiger partial charge in [-0.2, -0.15) is 5.10 Å². The first kappa shape index (κ1) is 14.5. The van der Waals surface area contributed by atoms with Crippen molar-refractivity contribution in [3.05, 3.63) is 42.1 Å². The molecule has 2 aromatic rings. The third-order valence-corrected chi connectivity index (χ3v) is 4.50.